The van der Waals surface area contributed by atoms with E-state index in [-0.39, 0.29) is 11.8 Å². The maximum absolute atomic E-state index is 12.5. The Morgan fingerprint density at radius 2 is 1.81 bits per heavy atom. The molecule has 6 nitrogen and oxygen atoms in total. The molecule has 0 spiro atoms. The Morgan fingerprint density at radius 1 is 1.00 bits per heavy atom. The average Bonchev–Trinajstić information content (AvgIpc) is 2.67. The van der Waals surface area contributed by atoms with Crippen LogP contribution in [0.1, 0.15) is 48.0 Å². The molecule has 0 atom stereocenters. The Labute approximate surface area is 154 Å². The number of carbonyl (C=O) groups excluding carboxylic acids is 2. The third-order valence-electron chi connectivity index (χ3n) is 3.98. The van der Waals surface area contributed by atoms with E-state index in [1.54, 1.807) is 36.7 Å². The van der Waals surface area contributed by atoms with Crippen molar-refractivity contribution in [2.45, 2.75) is 38.6 Å². The van der Waals surface area contributed by atoms with E-state index in [1.807, 2.05) is 12.1 Å². The zero-order valence-electron chi connectivity index (χ0n) is 14.9. The van der Waals surface area contributed by atoms with E-state index in [1.165, 1.54) is 0 Å². The number of carbonyl (C=O) groups is 2. The zero-order valence-corrected chi connectivity index (χ0v) is 14.9. The molecule has 0 fully saturated rings. The predicted octanol–water partition coefficient (Wildman–Crippen LogP) is 2.86. The minimum atomic E-state index is -0.229. The predicted molar refractivity (Wildman–Crippen MR) is 103 cm³/mol. The molecule has 0 saturated heterocycles. The van der Waals surface area contributed by atoms with Gasteiger partial charge in [0.15, 0.2) is 0 Å². The standard InChI is InChI=1S/C20H26N4O2/c21-12-6-2-1-3-11-19(25)24-18-10-5-4-9-17(18)20(26)23-15-16-8-7-13-22-14-16/h4-5,7-10,13-14H,1-3,6,11-12,15,21H2,(H,23,26)(H,24,25). The van der Waals surface area contributed by atoms with Gasteiger partial charge in [-0.3, -0.25) is 14.6 Å². The van der Waals surface area contributed by atoms with Gasteiger partial charge in [-0.1, -0.05) is 31.0 Å². The molecule has 0 aliphatic rings. The average molecular weight is 354 g/mol. The summed E-state index contributed by atoms with van der Waals surface area (Å²) in [5, 5.41) is 5.70. The Hall–Kier alpha value is -2.73. The van der Waals surface area contributed by atoms with Gasteiger partial charge in [-0.05, 0) is 43.1 Å². The summed E-state index contributed by atoms with van der Waals surface area (Å²) in [7, 11) is 0. The number of hydrogen-bond donors (Lipinski definition) is 3. The number of anilines is 1. The highest BCUT2D eigenvalue weighted by Crippen LogP contribution is 2.16. The van der Waals surface area contributed by atoms with Crippen LogP contribution in [0.5, 0.6) is 0 Å². The molecule has 6 heteroatoms. The second-order valence-electron chi connectivity index (χ2n) is 6.09. The molecule has 1 aromatic carbocycles. The van der Waals surface area contributed by atoms with E-state index in [0.717, 1.165) is 31.2 Å². The van der Waals surface area contributed by atoms with E-state index in [2.05, 4.69) is 15.6 Å². The number of unbranched alkanes of at least 4 members (excludes halogenated alkanes) is 3. The number of amides is 2. The molecule has 0 unspecified atom stereocenters. The first-order valence-corrected chi connectivity index (χ1v) is 8.96. The van der Waals surface area contributed by atoms with Gasteiger partial charge in [0.1, 0.15) is 0 Å². The van der Waals surface area contributed by atoms with Crippen LogP contribution in [0.3, 0.4) is 0 Å². The van der Waals surface area contributed by atoms with Crippen molar-refractivity contribution in [1.29, 1.82) is 0 Å². The van der Waals surface area contributed by atoms with Gasteiger partial charge in [0.25, 0.3) is 5.91 Å². The van der Waals surface area contributed by atoms with Crippen molar-refractivity contribution in [3.05, 3.63) is 59.9 Å². The topological polar surface area (TPSA) is 97.1 Å². The molecule has 2 aromatic rings. The summed E-state index contributed by atoms with van der Waals surface area (Å²) in [5.74, 6) is -0.307. The molecule has 2 amide bonds. The van der Waals surface area contributed by atoms with Crippen LogP contribution in [0.15, 0.2) is 48.8 Å². The summed E-state index contributed by atoms with van der Waals surface area (Å²) in [4.78, 5) is 28.6. The first-order valence-electron chi connectivity index (χ1n) is 8.96. The molecule has 26 heavy (non-hydrogen) atoms. The number of hydrogen-bond acceptors (Lipinski definition) is 4. The highest BCUT2D eigenvalue weighted by molar-refractivity contribution is 6.03. The first kappa shape index (κ1) is 19.6. The fourth-order valence-electron chi connectivity index (χ4n) is 2.57. The summed E-state index contributed by atoms with van der Waals surface area (Å²) in [6.45, 7) is 1.07. The highest BCUT2D eigenvalue weighted by atomic mass is 16.2. The minimum absolute atomic E-state index is 0.0785. The quantitative estimate of drug-likeness (QED) is 0.572. The second kappa shape index (κ2) is 11.0. The van der Waals surface area contributed by atoms with Crippen LogP contribution in [-0.2, 0) is 11.3 Å². The lowest BCUT2D eigenvalue weighted by Crippen LogP contribution is -2.24. The van der Waals surface area contributed by atoms with Crippen molar-refractivity contribution >= 4 is 17.5 Å². The molecular weight excluding hydrogens is 328 g/mol. The molecule has 1 heterocycles. The van der Waals surface area contributed by atoms with Gasteiger partial charge >= 0.3 is 0 Å². The second-order valence-corrected chi connectivity index (χ2v) is 6.09. The summed E-state index contributed by atoms with van der Waals surface area (Å²) in [6, 6.07) is 10.7. The third-order valence-corrected chi connectivity index (χ3v) is 3.98. The SMILES string of the molecule is NCCCCCCC(=O)Nc1ccccc1C(=O)NCc1cccnc1. The van der Waals surface area contributed by atoms with Crippen LogP contribution < -0.4 is 16.4 Å². The van der Waals surface area contributed by atoms with Crippen LogP contribution in [0, 0.1) is 0 Å². The molecule has 138 valence electrons. The van der Waals surface area contributed by atoms with Crippen molar-refractivity contribution in [3.63, 3.8) is 0 Å². The van der Waals surface area contributed by atoms with Gasteiger partial charge in [0.2, 0.25) is 5.91 Å². The largest absolute Gasteiger partial charge is 0.348 e. The number of nitrogens with zero attached hydrogens (tertiary/aromatic N) is 1. The van der Waals surface area contributed by atoms with Gasteiger partial charge in [-0.15, -0.1) is 0 Å². The van der Waals surface area contributed by atoms with Crippen molar-refractivity contribution < 1.29 is 9.59 Å². The van der Waals surface area contributed by atoms with E-state index < -0.39 is 0 Å². The normalized spacial score (nSPS) is 10.3. The van der Waals surface area contributed by atoms with Crippen molar-refractivity contribution in [2.24, 2.45) is 5.73 Å². The maximum atomic E-state index is 12.5. The van der Waals surface area contributed by atoms with Gasteiger partial charge in [0.05, 0.1) is 11.3 Å². The number of nitrogens with one attached hydrogen (secondary N) is 2. The number of nitrogens with two attached hydrogens (primary N) is 1. The number of aromatic nitrogens is 1. The molecule has 2 rings (SSSR count). The Bertz CT molecular complexity index is 704. The van der Waals surface area contributed by atoms with Gasteiger partial charge in [-0.2, -0.15) is 0 Å². The fourth-order valence-corrected chi connectivity index (χ4v) is 2.57. The number of pyridine rings is 1. The lowest BCUT2D eigenvalue weighted by Gasteiger charge is -2.11. The molecule has 0 aliphatic heterocycles. The van der Waals surface area contributed by atoms with E-state index in [0.29, 0.717) is 30.8 Å². The number of benzene rings is 1. The first-order chi connectivity index (χ1) is 12.7. The molecule has 4 N–H and O–H groups in total. The van der Waals surface area contributed by atoms with Gasteiger partial charge in [0, 0.05) is 25.4 Å². The molecule has 0 radical (unpaired) electrons. The van der Waals surface area contributed by atoms with Crippen molar-refractivity contribution in [2.75, 3.05) is 11.9 Å². The van der Waals surface area contributed by atoms with Gasteiger partial charge < -0.3 is 16.4 Å². The third kappa shape index (κ3) is 6.64. The maximum Gasteiger partial charge on any atom is 0.253 e. The van der Waals surface area contributed by atoms with Crippen LogP contribution in [-0.4, -0.2) is 23.3 Å². The van der Waals surface area contributed by atoms with Crippen LogP contribution in [0.25, 0.3) is 0 Å². The van der Waals surface area contributed by atoms with Crippen molar-refractivity contribution in [3.8, 4) is 0 Å². The highest BCUT2D eigenvalue weighted by Gasteiger charge is 2.12. The summed E-state index contributed by atoms with van der Waals surface area (Å²) in [6.07, 6.45) is 7.67. The molecule has 0 aliphatic carbocycles. The molecule has 0 bridgehead atoms. The molecule has 1 aromatic heterocycles. The van der Waals surface area contributed by atoms with Crippen LogP contribution in [0.2, 0.25) is 0 Å². The Balaban J connectivity index is 1.88. The van der Waals surface area contributed by atoms with E-state index >= 15 is 0 Å². The lowest BCUT2D eigenvalue weighted by molar-refractivity contribution is -0.116. The smallest absolute Gasteiger partial charge is 0.253 e. The zero-order chi connectivity index (χ0) is 18.6. The Kier molecular flexibility index (Phi) is 8.29. The minimum Gasteiger partial charge on any atom is -0.348 e. The fraction of sp³-hybridized carbons (Fsp3) is 0.350. The number of rotatable bonds is 10. The Morgan fingerprint density at radius 3 is 2.58 bits per heavy atom. The number of para-hydroxylation sites is 1. The summed E-state index contributed by atoms with van der Waals surface area (Å²) < 4.78 is 0. The lowest BCUT2D eigenvalue weighted by atomic mass is 10.1. The molecular formula is C20H26N4O2. The van der Waals surface area contributed by atoms with Crippen LogP contribution in [0.4, 0.5) is 5.69 Å². The van der Waals surface area contributed by atoms with E-state index in [4.69, 9.17) is 5.73 Å². The summed E-state index contributed by atoms with van der Waals surface area (Å²) in [5.41, 5.74) is 7.36. The summed E-state index contributed by atoms with van der Waals surface area (Å²) >= 11 is 0. The molecule has 0 saturated carbocycles. The monoisotopic (exact) mass is 354 g/mol. The van der Waals surface area contributed by atoms with Crippen LogP contribution >= 0.6 is 0 Å². The van der Waals surface area contributed by atoms with E-state index in [9.17, 15) is 9.59 Å². The van der Waals surface area contributed by atoms with Crippen molar-refractivity contribution in [1.82, 2.24) is 10.3 Å². The van der Waals surface area contributed by atoms with Gasteiger partial charge in [-0.25, -0.2) is 0 Å².